The number of aromatic nitrogens is 2. The Kier molecular flexibility index (Phi) is 2.82. The van der Waals surface area contributed by atoms with Gasteiger partial charge >= 0.3 is 0 Å². The summed E-state index contributed by atoms with van der Waals surface area (Å²) in [6.45, 7) is 2.26. The molecule has 2 atom stereocenters. The molecule has 1 aliphatic heterocycles. The molecule has 18 heavy (non-hydrogen) atoms. The van der Waals surface area contributed by atoms with Crippen LogP contribution >= 0.6 is 0 Å². The van der Waals surface area contributed by atoms with Gasteiger partial charge in [0.25, 0.3) is 0 Å². The molecule has 3 rings (SSSR count). The minimum atomic E-state index is 0.543. The average Bonchev–Trinajstić information content (AvgIpc) is 2.74. The summed E-state index contributed by atoms with van der Waals surface area (Å²) in [6, 6.07) is 9.20. The van der Waals surface area contributed by atoms with Crippen molar-refractivity contribution in [3.05, 3.63) is 47.8 Å². The number of fused-ring (bicyclic) bond motifs is 1. The Balaban J connectivity index is 1.88. The number of nitrogens with zero attached hydrogens (tertiary/aromatic N) is 2. The van der Waals surface area contributed by atoms with Crippen molar-refractivity contribution < 1.29 is 0 Å². The monoisotopic (exact) mass is 241 g/mol. The molecule has 2 heterocycles. The summed E-state index contributed by atoms with van der Waals surface area (Å²) in [6.07, 6.45) is 6.37. The molecule has 1 aromatic heterocycles. The van der Waals surface area contributed by atoms with Crippen molar-refractivity contribution in [3.63, 3.8) is 0 Å². The van der Waals surface area contributed by atoms with Crippen LogP contribution in [0.2, 0.25) is 0 Å². The standard InChI is InChI=1S/C15H19N3/c1-11-7-13(8-12-9-16-18(2)10-12)14-5-3-4-6-15(14)17-11/h3-6,9-11,13,17H,7-8H2,1-2H3. The van der Waals surface area contributed by atoms with Crippen molar-refractivity contribution in [1.82, 2.24) is 9.78 Å². The van der Waals surface area contributed by atoms with Crippen molar-refractivity contribution in [3.8, 4) is 0 Å². The molecule has 2 aromatic rings. The van der Waals surface area contributed by atoms with Crippen LogP contribution in [0.4, 0.5) is 5.69 Å². The number of nitrogens with one attached hydrogen (secondary N) is 1. The molecule has 3 heteroatoms. The second-order valence-corrected chi connectivity index (χ2v) is 5.29. The van der Waals surface area contributed by atoms with Crippen molar-refractivity contribution >= 4 is 5.69 Å². The van der Waals surface area contributed by atoms with Crippen LogP contribution in [0.3, 0.4) is 0 Å². The van der Waals surface area contributed by atoms with Gasteiger partial charge in [-0.3, -0.25) is 4.68 Å². The zero-order chi connectivity index (χ0) is 12.5. The summed E-state index contributed by atoms with van der Waals surface area (Å²) in [5, 5.41) is 7.82. The molecule has 1 aromatic carbocycles. The van der Waals surface area contributed by atoms with E-state index in [-0.39, 0.29) is 0 Å². The van der Waals surface area contributed by atoms with Crippen LogP contribution in [0.15, 0.2) is 36.7 Å². The fraction of sp³-hybridized carbons (Fsp3) is 0.400. The molecule has 0 saturated heterocycles. The van der Waals surface area contributed by atoms with Gasteiger partial charge < -0.3 is 5.32 Å². The Morgan fingerprint density at radius 1 is 1.39 bits per heavy atom. The van der Waals surface area contributed by atoms with Crippen LogP contribution < -0.4 is 5.32 Å². The predicted octanol–water partition coefficient (Wildman–Crippen LogP) is 2.95. The summed E-state index contributed by atoms with van der Waals surface area (Å²) >= 11 is 0. The van der Waals surface area contributed by atoms with Crippen molar-refractivity contribution in [2.75, 3.05) is 5.32 Å². The molecule has 1 N–H and O–H groups in total. The van der Waals surface area contributed by atoms with Gasteiger partial charge in [-0.05, 0) is 42.9 Å². The lowest BCUT2D eigenvalue weighted by Crippen LogP contribution is -2.26. The van der Waals surface area contributed by atoms with Crippen molar-refractivity contribution in [2.45, 2.75) is 31.7 Å². The Labute approximate surface area is 108 Å². The van der Waals surface area contributed by atoms with E-state index in [0.717, 1.165) is 6.42 Å². The molecule has 0 aliphatic carbocycles. The number of hydrogen-bond acceptors (Lipinski definition) is 2. The first-order valence-electron chi connectivity index (χ1n) is 6.55. The van der Waals surface area contributed by atoms with Crippen LogP contribution in [0.25, 0.3) is 0 Å². The molecule has 0 fully saturated rings. The SMILES string of the molecule is CC1CC(Cc2cnn(C)c2)c2ccccc2N1. The van der Waals surface area contributed by atoms with Crippen LogP contribution in [-0.4, -0.2) is 15.8 Å². The summed E-state index contributed by atoms with van der Waals surface area (Å²) in [4.78, 5) is 0. The van der Waals surface area contributed by atoms with E-state index in [1.807, 2.05) is 17.9 Å². The number of anilines is 1. The highest BCUT2D eigenvalue weighted by atomic mass is 15.2. The predicted molar refractivity (Wildman–Crippen MR) is 73.8 cm³/mol. The van der Waals surface area contributed by atoms with Crippen LogP contribution in [0.5, 0.6) is 0 Å². The van der Waals surface area contributed by atoms with Gasteiger partial charge in [0, 0.05) is 25.0 Å². The number of para-hydroxylation sites is 1. The van der Waals surface area contributed by atoms with E-state index in [9.17, 15) is 0 Å². The van der Waals surface area contributed by atoms with Gasteiger partial charge in [0.15, 0.2) is 0 Å². The molecule has 0 saturated carbocycles. The first kappa shape index (κ1) is 11.3. The highest BCUT2D eigenvalue weighted by molar-refractivity contribution is 5.55. The van der Waals surface area contributed by atoms with Gasteiger partial charge in [-0.25, -0.2) is 0 Å². The zero-order valence-electron chi connectivity index (χ0n) is 10.9. The fourth-order valence-corrected chi connectivity index (χ4v) is 2.92. The first-order valence-corrected chi connectivity index (χ1v) is 6.55. The lowest BCUT2D eigenvalue weighted by Gasteiger charge is -2.31. The van der Waals surface area contributed by atoms with E-state index < -0.39 is 0 Å². The molecule has 2 unspecified atom stereocenters. The first-order chi connectivity index (χ1) is 8.72. The van der Waals surface area contributed by atoms with Gasteiger partial charge in [-0.1, -0.05) is 18.2 Å². The van der Waals surface area contributed by atoms with E-state index in [2.05, 4.69) is 47.8 Å². The molecule has 0 radical (unpaired) electrons. The number of benzene rings is 1. The lowest BCUT2D eigenvalue weighted by molar-refractivity contribution is 0.551. The maximum atomic E-state index is 4.26. The third-order valence-corrected chi connectivity index (χ3v) is 3.68. The van der Waals surface area contributed by atoms with Crippen LogP contribution in [0.1, 0.15) is 30.4 Å². The van der Waals surface area contributed by atoms with Crippen LogP contribution in [-0.2, 0) is 13.5 Å². The minimum absolute atomic E-state index is 0.543. The average molecular weight is 241 g/mol. The van der Waals surface area contributed by atoms with Gasteiger partial charge in [0.2, 0.25) is 0 Å². The van der Waals surface area contributed by atoms with E-state index in [1.165, 1.54) is 23.2 Å². The van der Waals surface area contributed by atoms with Crippen molar-refractivity contribution in [1.29, 1.82) is 0 Å². The maximum absolute atomic E-state index is 4.26. The normalized spacial score (nSPS) is 22.3. The van der Waals surface area contributed by atoms with E-state index >= 15 is 0 Å². The zero-order valence-corrected chi connectivity index (χ0v) is 10.9. The summed E-state index contributed by atoms with van der Waals surface area (Å²) in [5.74, 6) is 0.599. The fourth-order valence-electron chi connectivity index (χ4n) is 2.92. The molecule has 94 valence electrons. The summed E-state index contributed by atoms with van der Waals surface area (Å²) < 4.78 is 1.88. The molecule has 1 aliphatic rings. The van der Waals surface area contributed by atoms with Gasteiger partial charge in [0.05, 0.1) is 6.20 Å². The third kappa shape index (κ3) is 2.13. The van der Waals surface area contributed by atoms with E-state index in [4.69, 9.17) is 0 Å². The number of rotatable bonds is 2. The van der Waals surface area contributed by atoms with Crippen molar-refractivity contribution in [2.24, 2.45) is 7.05 Å². The van der Waals surface area contributed by atoms with Gasteiger partial charge in [-0.2, -0.15) is 5.10 Å². The molecular weight excluding hydrogens is 222 g/mol. The topological polar surface area (TPSA) is 29.9 Å². The molecule has 0 spiro atoms. The second kappa shape index (κ2) is 4.48. The Hall–Kier alpha value is -1.77. The Morgan fingerprint density at radius 3 is 3.00 bits per heavy atom. The number of hydrogen-bond donors (Lipinski definition) is 1. The highest BCUT2D eigenvalue weighted by Crippen LogP contribution is 2.35. The minimum Gasteiger partial charge on any atom is -0.382 e. The maximum Gasteiger partial charge on any atom is 0.0521 e. The number of aryl methyl sites for hydroxylation is 1. The Morgan fingerprint density at radius 2 is 2.22 bits per heavy atom. The molecule has 0 amide bonds. The van der Waals surface area contributed by atoms with E-state index in [1.54, 1.807) is 0 Å². The lowest BCUT2D eigenvalue weighted by atomic mass is 9.84. The Bertz CT molecular complexity index is 544. The summed E-state index contributed by atoms with van der Waals surface area (Å²) in [5.41, 5.74) is 4.07. The molecular formula is C15H19N3. The summed E-state index contributed by atoms with van der Waals surface area (Å²) in [7, 11) is 1.97. The van der Waals surface area contributed by atoms with E-state index in [0.29, 0.717) is 12.0 Å². The molecule has 0 bridgehead atoms. The highest BCUT2D eigenvalue weighted by Gasteiger charge is 2.24. The third-order valence-electron chi connectivity index (χ3n) is 3.68. The molecule has 3 nitrogen and oxygen atoms in total. The quantitative estimate of drug-likeness (QED) is 0.876. The van der Waals surface area contributed by atoms with Crippen LogP contribution in [0, 0.1) is 0 Å². The van der Waals surface area contributed by atoms with Gasteiger partial charge in [-0.15, -0.1) is 0 Å². The van der Waals surface area contributed by atoms with Gasteiger partial charge in [0.1, 0.15) is 0 Å². The second-order valence-electron chi connectivity index (χ2n) is 5.29. The largest absolute Gasteiger partial charge is 0.382 e. The smallest absolute Gasteiger partial charge is 0.0521 e.